The van der Waals surface area contributed by atoms with Crippen molar-refractivity contribution in [1.82, 2.24) is 0 Å². The number of nitrogens with one attached hydrogen (secondary N) is 1. The van der Waals surface area contributed by atoms with E-state index in [0.717, 1.165) is 47.4 Å². The van der Waals surface area contributed by atoms with Crippen molar-refractivity contribution in [3.63, 3.8) is 0 Å². The molecule has 4 heteroatoms. The second kappa shape index (κ2) is 4.86. The minimum atomic E-state index is -0.0330. The maximum absolute atomic E-state index is 5.85. The molecule has 0 aliphatic carbocycles. The SMILES string of the molecule is Cc1cc(NCC2(C)CCCO2)c(Br)cc1N. The van der Waals surface area contributed by atoms with Crippen LogP contribution in [0.1, 0.15) is 25.3 Å². The predicted molar refractivity (Wildman–Crippen MR) is 75.4 cm³/mol. The first-order chi connectivity index (χ1) is 8.00. The summed E-state index contributed by atoms with van der Waals surface area (Å²) in [6.07, 6.45) is 2.27. The Kier molecular flexibility index (Phi) is 3.64. The summed E-state index contributed by atoms with van der Waals surface area (Å²) in [5, 5.41) is 3.44. The fourth-order valence-corrected chi connectivity index (χ4v) is 2.59. The van der Waals surface area contributed by atoms with Gasteiger partial charge in [-0.2, -0.15) is 0 Å². The number of nitrogens with two attached hydrogens (primary N) is 1. The van der Waals surface area contributed by atoms with Crippen LogP contribution >= 0.6 is 15.9 Å². The van der Waals surface area contributed by atoms with Crippen molar-refractivity contribution in [3.8, 4) is 0 Å². The average Bonchev–Trinajstić information content (AvgIpc) is 2.69. The fourth-order valence-electron chi connectivity index (χ4n) is 2.09. The molecule has 1 atom stereocenters. The van der Waals surface area contributed by atoms with E-state index in [1.807, 2.05) is 13.0 Å². The molecule has 1 heterocycles. The molecule has 1 aromatic carbocycles. The third-order valence-electron chi connectivity index (χ3n) is 3.31. The van der Waals surface area contributed by atoms with E-state index in [4.69, 9.17) is 10.5 Å². The summed E-state index contributed by atoms with van der Waals surface area (Å²) in [4.78, 5) is 0. The lowest BCUT2D eigenvalue weighted by atomic mass is 10.0. The minimum absolute atomic E-state index is 0.0330. The van der Waals surface area contributed by atoms with E-state index in [0.29, 0.717) is 0 Å². The summed E-state index contributed by atoms with van der Waals surface area (Å²) in [5.41, 5.74) is 8.80. The number of anilines is 2. The van der Waals surface area contributed by atoms with E-state index in [-0.39, 0.29) is 5.60 Å². The summed E-state index contributed by atoms with van der Waals surface area (Å²) in [5.74, 6) is 0. The van der Waals surface area contributed by atoms with Crippen LogP contribution in [0.2, 0.25) is 0 Å². The van der Waals surface area contributed by atoms with E-state index < -0.39 is 0 Å². The first-order valence-electron chi connectivity index (χ1n) is 5.94. The molecule has 17 heavy (non-hydrogen) atoms. The molecule has 0 spiro atoms. The molecule has 0 saturated carbocycles. The Hall–Kier alpha value is -0.740. The summed E-state index contributed by atoms with van der Waals surface area (Å²) in [6, 6.07) is 4.01. The van der Waals surface area contributed by atoms with Gasteiger partial charge in [0.25, 0.3) is 0 Å². The van der Waals surface area contributed by atoms with Gasteiger partial charge in [0.2, 0.25) is 0 Å². The molecule has 3 nitrogen and oxygen atoms in total. The molecule has 0 amide bonds. The molecule has 1 aliphatic heterocycles. The van der Waals surface area contributed by atoms with Gasteiger partial charge in [-0.1, -0.05) is 0 Å². The average molecular weight is 299 g/mol. The first-order valence-corrected chi connectivity index (χ1v) is 6.73. The smallest absolute Gasteiger partial charge is 0.0826 e. The zero-order valence-corrected chi connectivity index (χ0v) is 11.9. The summed E-state index contributed by atoms with van der Waals surface area (Å²) in [6.45, 7) is 5.88. The lowest BCUT2D eigenvalue weighted by molar-refractivity contribution is 0.0315. The molecular formula is C13H19BrN2O. The van der Waals surface area contributed by atoms with Gasteiger partial charge in [0.15, 0.2) is 0 Å². The maximum Gasteiger partial charge on any atom is 0.0826 e. The molecule has 0 radical (unpaired) electrons. The zero-order valence-electron chi connectivity index (χ0n) is 10.3. The second-order valence-electron chi connectivity index (χ2n) is 4.94. The maximum atomic E-state index is 5.85. The van der Waals surface area contributed by atoms with Crippen LogP contribution in [-0.2, 0) is 4.74 Å². The number of hydrogen-bond acceptors (Lipinski definition) is 3. The fraction of sp³-hybridized carbons (Fsp3) is 0.538. The Morgan fingerprint density at radius 1 is 1.53 bits per heavy atom. The zero-order chi connectivity index (χ0) is 12.5. The molecule has 0 bridgehead atoms. The van der Waals surface area contributed by atoms with Crippen LogP contribution in [0, 0.1) is 6.92 Å². The molecule has 1 fully saturated rings. The van der Waals surface area contributed by atoms with Crippen molar-refractivity contribution in [2.45, 2.75) is 32.3 Å². The molecule has 1 unspecified atom stereocenters. The molecule has 3 N–H and O–H groups in total. The number of rotatable bonds is 3. The van der Waals surface area contributed by atoms with Crippen LogP contribution in [0.15, 0.2) is 16.6 Å². The number of halogens is 1. The Bertz CT molecular complexity index is 414. The van der Waals surface area contributed by atoms with Gasteiger partial charge in [-0.15, -0.1) is 0 Å². The highest BCUT2D eigenvalue weighted by Crippen LogP contribution is 2.30. The van der Waals surface area contributed by atoms with E-state index in [1.54, 1.807) is 0 Å². The van der Waals surface area contributed by atoms with E-state index in [9.17, 15) is 0 Å². The van der Waals surface area contributed by atoms with E-state index in [2.05, 4.69) is 34.2 Å². The summed E-state index contributed by atoms with van der Waals surface area (Å²) in [7, 11) is 0. The Balaban J connectivity index is 2.06. The van der Waals surface area contributed by atoms with Crippen LogP contribution in [0.5, 0.6) is 0 Å². The number of ether oxygens (including phenoxy) is 1. The van der Waals surface area contributed by atoms with Crippen molar-refractivity contribution in [2.24, 2.45) is 0 Å². The summed E-state index contributed by atoms with van der Waals surface area (Å²) < 4.78 is 6.76. The Morgan fingerprint density at radius 3 is 2.94 bits per heavy atom. The monoisotopic (exact) mass is 298 g/mol. The van der Waals surface area contributed by atoms with Crippen molar-refractivity contribution in [2.75, 3.05) is 24.2 Å². The van der Waals surface area contributed by atoms with Gasteiger partial charge in [0, 0.05) is 29.0 Å². The van der Waals surface area contributed by atoms with Crippen molar-refractivity contribution in [1.29, 1.82) is 0 Å². The predicted octanol–water partition coefficient (Wildman–Crippen LogP) is 3.32. The third-order valence-corrected chi connectivity index (χ3v) is 3.97. The summed E-state index contributed by atoms with van der Waals surface area (Å²) >= 11 is 3.53. The number of nitrogen functional groups attached to an aromatic ring is 1. The minimum Gasteiger partial charge on any atom is -0.398 e. The molecule has 1 aliphatic rings. The van der Waals surface area contributed by atoms with E-state index >= 15 is 0 Å². The lowest BCUT2D eigenvalue weighted by Gasteiger charge is -2.24. The normalized spacial score (nSPS) is 23.9. The van der Waals surface area contributed by atoms with Crippen molar-refractivity contribution < 1.29 is 4.74 Å². The lowest BCUT2D eigenvalue weighted by Crippen LogP contribution is -2.32. The van der Waals surface area contributed by atoms with E-state index in [1.165, 1.54) is 0 Å². The number of aryl methyl sites for hydroxylation is 1. The number of benzene rings is 1. The van der Waals surface area contributed by atoms with Crippen LogP contribution in [0.4, 0.5) is 11.4 Å². The van der Waals surface area contributed by atoms with Gasteiger partial charge < -0.3 is 15.8 Å². The molecule has 1 aromatic rings. The van der Waals surface area contributed by atoms with Gasteiger partial charge in [0.05, 0.1) is 5.60 Å². The highest BCUT2D eigenvalue weighted by Gasteiger charge is 2.29. The highest BCUT2D eigenvalue weighted by molar-refractivity contribution is 9.10. The first kappa shape index (κ1) is 12.7. The van der Waals surface area contributed by atoms with Gasteiger partial charge in [0.1, 0.15) is 0 Å². The quantitative estimate of drug-likeness (QED) is 0.842. The van der Waals surface area contributed by atoms with Crippen molar-refractivity contribution in [3.05, 3.63) is 22.2 Å². The van der Waals surface area contributed by atoms with Crippen LogP contribution in [0.3, 0.4) is 0 Å². The standard InChI is InChI=1S/C13H19BrN2O/c1-9-6-12(10(14)7-11(9)15)16-8-13(2)4-3-5-17-13/h6-7,16H,3-5,8,15H2,1-2H3. The topological polar surface area (TPSA) is 47.3 Å². The van der Waals surface area contributed by atoms with Gasteiger partial charge in [-0.05, 0) is 60.3 Å². The van der Waals surface area contributed by atoms with Gasteiger partial charge in [-0.25, -0.2) is 0 Å². The van der Waals surface area contributed by atoms with Crippen LogP contribution in [-0.4, -0.2) is 18.8 Å². The largest absolute Gasteiger partial charge is 0.398 e. The molecular weight excluding hydrogens is 280 g/mol. The molecule has 1 saturated heterocycles. The molecule has 2 rings (SSSR count). The molecule has 94 valence electrons. The molecule has 0 aromatic heterocycles. The Labute approximate surface area is 111 Å². The Morgan fingerprint density at radius 2 is 2.29 bits per heavy atom. The second-order valence-corrected chi connectivity index (χ2v) is 5.80. The van der Waals surface area contributed by atoms with Gasteiger partial charge >= 0.3 is 0 Å². The van der Waals surface area contributed by atoms with Crippen molar-refractivity contribution >= 4 is 27.3 Å². The van der Waals surface area contributed by atoms with Crippen LogP contribution in [0.25, 0.3) is 0 Å². The highest BCUT2D eigenvalue weighted by atomic mass is 79.9. The van der Waals surface area contributed by atoms with Crippen LogP contribution < -0.4 is 11.1 Å². The van der Waals surface area contributed by atoms with Gasteiger partial charge in [-0.3, -0.25) is 0 Å². The third kappa shape index (κ3) is 2.93. The number of hydrogen-bond donors (Lipinski definition) is 2.